The predicted molar refractivity (Wildman–Crippen MR) is 92.8 cm³/mol. The number of carbonyl (C=O) groups excluding carboxylic acids is 2. The summed E-state index contributed by atoms with van der Waals surface area (Å²) >= 11 is 7.86. The lowest BCUT2D eigenvalue weighted by Crippen LogP contribution is -2.16. The Morgan fingerprint density at radius 3 is 2.50 bits per heavy atom. The second-order valence-electron chi connectivity index (χ2n) is 4.45. The van der Waals surface area contributed by atoms with Gasteiger partial charge in [0.2, 0.25) is 5.91 Å². The molecule has 22 heavy (non-hydrogen) atoms. The summed E-state index contributed by atoms with van der Waals surface area (Å²) in [5.74, 6) is -1.27. The molecular formula is C15H11ClFIN2O2. The first-order valence-corrected chi connectivity index (χ1v) is 7.66. The highest BCUT2D eigenvalue weighted by Gasteiger charge is 2.14. The fourth-order valence-corrected chi connectivity index (χ4v) is 2.53. The Kier molecular flexibility index (Phi) is 5.36. The topological polar surface area (TPSA) is 58.2 Å². The second kappa shape index (κ2) is 7.06. The maximum atomic E-state index is 13.3. The third-order valence-electron chi connectivity index (χ3n) is 2.71. The van der Waals surface area contributed by atoms with E-state index in [9.17, 15) is 14.0 Å². The first kappa shape index (κ1) is 16.7. The summed E-state index contributed by atoms with van der Waals surface area (Å²) in [5.41, 5.74) is 0.957. The van der Waals surface area contributed by atoms with Gasteiger partial charge in [0.05, 0.1) is 16.9 Å². The molecule has 0 spiro atoms. The van der Waals surface area contributed by atoms with Crippen LogP contribution in [0.5, 0.6) is 0 Å². The number of hydrogen-bond acceptors (Lipinski definition) is 2. The molecule has 0 atom stereocenters. The van der Waals surface area contributed by atoms with Crippen LogP contribution in [0.25, 0.3) is 0 Å². The molecule has 2 aromatic rings. The first-order valence-electron chi connectivity index (χ1n) is 6.20. The molecule has 0 aliphatic carbocycles. The quantitative estimate of drug-likeness (QED) is 0.711. The van der Waals surface area contributed by atoms with Crippen LogP contribution in [-0.4, -0.2) is 11.8 Å². The third-order valence-corrected chi connectivity index (χ3v) is 3.89. The van der Waals surface area contributed by atoms with Crippen molar-refractivity contribution in [1.82, 2.24) is 0 Å². The van der Waals surface area contributed by atoms with Crippen LogP contribution >= 0.6 is 34.2 Å². The number of nitrogens with one attached hydrogen (secondary N) is 2. The van der Waals surface area contributed by atoms with Crippen LogP contribution in [0.4, 0.5) is 15.8 Å². The lowest BCUT2D eigenvalue weighted by Gasteiger charge is -2.12. The minimum absolute atomic E-state index is 0.203. The van der Waals surface area contributed by atoms with Crippen LogP contribution in [0, 0.1) is 9.39 Å². The number of benzene rings is 2. The Morgan fingerprint density at radius 1 is 1.09 bits per heavy atom. The molecule has 4 nitrogen and oxygen atoms in total. The molecule has 0 aromatic heterocycles. The smallest absolute Gasteiger partial charge is 0.256 e. The zero-order valence-electron chi connectivity index (χ0n) is 11.4. The molecule has 0 bridgehead atoms. The van der Waals surface area contributed by atoms with E-state index in [0.717, 1.165) is 6.07 Å². The molecule has 0 fully saturated rings. The predicted octanol–water partition coefficient (Wildman–Crippen LogP) is 4.29. The molecule has 0 saturated carbocycles. The Hall–Kier alpha value is -1.67. The fraction of sp³-hybridized carbons (Fsp3) is 0.0667. The Labute approximate surface area is 145 Å². The standard InChI is InChI=1S/C15H11ClFIN2O2/c1-8(21)19-13-5-2-9(16)6-14(13)20-15(22)11-7-10(17)3-4-12(11)18/h2-7H,1H3,(H,19,21)(H,20,22). The highest BCUT2D eigenvalue weighted by Crippen LogP contribution is 2.27. The van der Waals surface area contributed by atoms with Gasteiger partial charge >= 0.3 is 0 Å². The highest BCUT2D eigenvalue weighted by molar-refractivity contribution is 14.1. The van der Waals surface area contributed by atoms with Gasteiger partial charge in [-0.05, 0) is 59.0 Å². The normalized spacial score (nSPS) is 10.2. The summed E-state index contributed by atoms with van der Waals surface area (Å²) in [4.78, 5) is 23.5. The number of rotatable bonds is 3. The van der Waals surface area contributed by atoms with Gasteiger partial charge in [-0.15, -0.1) is 0 Å². The van der Waals surface area contributed by atoms with Crippen LogP contribution < -0.4 is 10.6 Å². The molecule has 0 saturated heterocycles. The molecule has 2 aromatic carbocycles. The molecule has 2 rings (SSSR count). The van der Waals surface area contributed by atoms with Crippen LogP contribution in [-0.2, 0) is 4.79 Å². The Morgan fingerprint density at radius 2 is 1.82 bits per heavy atom. The van der Waals surface area contributed by atoms with E-state index in [1.54, 1.807) is 12.1 Å². The van der Waals surface area contributed by atoms with Crippen LogP contribution in [0.3, 0.4) is 0 Å². The number of halogens is 3. The van der Waals surface area contributed by atoms with Gasteiger partial charge < -0.3 is 10.6 Å². The summed E-state index contributed by atoms with van der Waals surface area (Å²) in [6.07, 6.45) is 0. The van der Waals surface area contributed by atoms with Gasteiger partial charge in [-0.2, -0.15) is 0 Å². The van der Waals surface area contributed by atoms with Crippen molar-refractivity contribution >= 4 is 57.4 Å². The molecule has 0 unspecified atom stereocenters. The maximum absolute atomic E-state index is 13.3. The molecular weight excluding hydrogens is 422 g/mol. The second-order valence-corrected chi connectivity index (χ2v) is 6.05. The van der Waals surface area contributed by atoms with Gasteiger partial charge in [-0.25, -0.2) is 4.39 Å². The minimum Gasteiger partial charge on any atom is -0.325 e. The first-order chi connectivity index (χ1) is 10.4. The molecule has 2 amide bonds. The van der Waals surface area contributed by atoms with Gasteiger partial charge in [-0.3, -0.25) is 9.59 Å². The number of anilines is 2. The van der Waals surface area contributed by atoms with Crippen molar-refractivity contribution < 1.29 is 14.0 Å². The van der Waals surface area contributed by atoms with Crippen molar-refractivity contribution in [1.29, 1.82) is 0 Å². The van der Waals surface area contributed by atoms with Crippen LogP contribution in [0.15, 0.2) is 36.4 Å². The van der Waals surface area contributed by atoms with Gasteiger partial charge in [0.25, 0.3) is 5.91 Å². The van der Waals surface area contributed by atoms with Crippen LogP contribution in [0.2, 0.25) is 5.02 Å². The van der Waals surface area contributed by atoms with Gasteiger partial charge in [0.1, 0.15) is 5.82 Å². The summed E-state index contributed by atoms with van der Waals surface area (Å²) < 4.78 is 13.9. The molecule has 114 valence electrons. The van der Waals surface area contributed by atoms with Crippen molar-refractivity contribution in [3.05, 3.63) is 56.4 Å². The number of hydrogen-bond donors (Lipinski definition) is 2. The number of carbonyl (C=O) groups is 2. The zero-order valence-corrected chi connectivity index (χ0v) is 14.3. The summed E-state index contributed by atoms with van der Waals surface area (Å²) in [6, 6.07) is 8.62. The molecule has 2 N–H and O–H groups in total. The van der Waals surface area contributed by atoms with E-state index in [1.807, 2.05) is 22.6 Å². The van der Waals surface area contributed by atoms with Gasteiger partial charge in [0.15, 0.2) is 0 Å². The van der Waals surface area contributed by atoms with E-state index in [-0.39, 0.29) is 11.5 Å². The average molecular weight is 433 g/mol. The van der Waals surface area contributed by atoms with Crippen molar-refractivity contribution in [2.24, 2.45) is 0 Å². The summed E-state index contributed by atoms with van der Waals surface area (Å²) in [6.45, 7) is 1.36. The minimum atomic E-state index is -0.501. The van der Waals surface area contributed by atoms with E-state index in [4.69, 9.17) is 11.6 Å². The van der Waals surface area contributed by atoms with Crippen molar-refractivity contribution in [3.8, 4) is 0 Å². The monoisotopic (exact) mass is 432 g/mol. The average Bonchev–Trinajstić information content (AvgIpc) is 2.44. The van der Waals surface area contributed by atoms with Crippen LogP contribution in [0.1, 0.15) is 17.3 Å². The van der Waals surface area contributed by atoms with E-state index >= 15 is 0 Å². The number of amides is 2. The molecule has 0 radical (unpaired) electrons. The Bertz CT molecular complexity index is 752. The van der Waals surface area contributed by atoms with Gasteiger partial charge in [0, 0.05) is 15.5 Å². The zero-order chi connectivity index (χ0) is 16.3. The lowest BCUT2D eigenvalue weighted by atomic mass is 10.2. The summed E-state index contributed by atoms with van der Waals surface area (Å²) in [5, 5.41) is 5.63. The maximum Gasteiger partial charge on any atom is 0.256 e. The van der Waals surface area contributed by atoms with Crippen molar-refractivity contribution in [2.75, 3.05) is 10.6 Å². The molecule has 0 aliphatic rings. The molecule has 0 aliphatic heterocycles. The van der Waals surface area contributed by atoms with E-state index in [2.05, 4.69) is 10.6 Å². The van der Waals surface area contributed by atoms with E-state index in [1.165, 1.54) is 25.1 Å². The van der Waals surface area contributed by atoms with Crippen molar-refractivity contribution in [2.45, 2.75) is 6.92 Å². The molecule has 7 heteroatoms. The lowest BCUT2D eigenvalue weighted by molar-refractivity contribution is -0.114. The SMILES string of the molecule is CC(=O)Nc1ccc(Cl)cc1NC(=O)c1cc(F)ccc1I. The highest BCUT2D eigenvalue weighted by atomic mass is 127. The van der Waals surface area contributed by atoms with Crippen molar-refractivity contribution in [3.63, 3.8) is 0 Å². The largest absolute Gasteiger partial charge is 0.325 e. The third kappa shape index (κ3) is 4.17. The van der Waals surface area contributed by atoms with Gasteiger partial charge in [-0.1, -0.05) is 11.6 Å². The molecule has 0 heterocycles. The van der Waals surface area contributed by atoms with E-state index in [0.29, 0.717) is 20.0 Å². The fourth-order valence-electron chi connectivity index (χ4n) is 1.78. The Balaban J connectivity index is 2.33. The summed E-state index contributed by atoms with van der Waals surface area (Å²) in [7, 11) is 0. The van der Waals surface area contributed by atoms with E-state index < -0.39 is 11.7 Å².